The van der Waals surface area contributed by atoms with Crippen LogP contribution in [0.3, 0.4) is 0 Å². The molecule has 1 unspecified atom stereocenters. The van der Waals surface area contributed by atoms with Gasteiger partial charge in [-0.1, -0.05) is 23.7 Å². The van der Waals surface area contributed by atoms with Gasteiger partial charge in [0.25, 0.3) is 0 Å². The first kappa shape index (κ1) is 22.3. The van der Waals surface area contributed by atoms with Crippen LogP contribution in [-0.4, -0.2) is 57.9 Å². The Morgan fingerprint density at radius 2 is 1.93 bits per heavy atom. The average molecular weight is 437 g/mol. The topological polar surface area (TPSA) is 60.0 Å². The van der Waals surface area contributed by atoms with E-state index in [1.54, 1.807) is 20.3 Å². The first-order valence-electron chi connectivity index (χ1n) is 9.76. The molecule has 1 amide bonds. The Hall–Kier alpha value is -2.35. The van der Waals surface area contributed by atoms with Crippen molar-refractivity contribution in [2.24, 2.45) is 0 Å². The fourth-order valence-corrected chi connectivity index (χ4v) is 3.77. The van der Waals surface area contributed by atoms with Crippen LogP contribution in [0.15, 0.2) is 36.4 Å². The van der Waals surface area contributed by atoms with Gasteiger partial charge in [-0.05, 0) is 29.8 Å². The normalized spacial score (nSPS) is 15.5. The number of ether oxygens (including phenoxy) is 3. The lowest BCUT2D eigenvalue weighted by molar-refractivity contribution is -0.120. The third-order valence-electron chi connectivity index (χ3n) is 5.17. The molecule has 1 aliphatic heterocycles. The van der Waals surface area contributed by atoms with Gasteiger partial charge < -0.3 is 19.5 Å². The second kappa shape index (κ2) is 10.6. The van der Waals surface area contributed by atoms with Gasteiger partial charge in [0, 0.05) is 30.2 Å². The number of halogens is 2. The van der Waals surface area contributed by atoms with Gasteiger partial charge in [-0.25, -0.2) is 4.39 Å². The summed E-state index contributed by atoms with van der Waals surface area (Å²) in [5, 5.41) is 3.17. The van der Waals surface area contributed by atoms with Crippen LogP contribution in [0.2, 0.25) is 5.02 Å². The number of nitrogens with one attached hydrogen (secondary N) is 1. The van der Waals surface area contributed by atoms with Gasteiger partial charge in [0.2, 0.25) is 5.91 Å². The van der Waals surface area contributed by atoms with Crippen LogP contribution >= 0.6 is 11.6 Å². The third kappa shape index (κ3) is 5.41. The van der Waals surface area contributed by atoms with Crippen molar-refractivity contribution < 1.29 is 23.4 Å². The molecular weight excluding hydrogens is 411 g/mol. The van der Waals surface area contributed by atoms with Gasteiger partial charge in [-0.2, -0.15) is 0 Å². The SMILES string of the molecule is COc1ccc(C(CNC(=O)Cc2c(F)cccc2Cl)N2CCOCC2)cc1OC. The molecule has 1 atom stereocenters. The standard InChI is InChI=1S/C22H26ClFN2O4/c1-28-20-7-6-15(12-21(20)29-2)19(26-8-10-30-11-9-26)14-25-22(27)13-16-17(23)4-3-5-18(16)24/h3-7,12,19H,8-11,13-14H2,1-2H3,(H,25,27). The lowest BCUT2D eigenvalue weighted by Crippen LogP contribution is -2.44. The van der Waals surface area contributed by atoms with Crippen molar-refractivity contribution in [2.75, 3.05) is 47.1 Å². The Morgan fingerprint density at radius 3 is 2.60 bits per heavy atom. The molecule has 0 radical (unpaired) electrons. The first-order chi connectivity index (χ1) is 14.5. The minimum atomic E-state index is -0.484. The predicted molar refractivity (Wildman–Crippen MR) is 113 cm³/mol. The molecule has 1 heterocycles. The fourth-order valence-electron chi connectivity index (χ4n) is 3.54. The highest BCUT2D eigenvalue weighted by molar-refractivity contribution is 6.31. The number of nitrogens with zero attached hydrogens (tertiary/aromatic N) is 1. The van der Waals surface area contributed by atoms with Crippen LogP contribution < -0.4 is 14.8 Å². The van der Waals surface area contributed by atoms with Crippen molar-refractivity contribution >= 4 is 17.5 Å². The monoisotopic (exact) mass is 436 g/mol. The smallest absolute Gasteiger partial charge is 0.224 e. The molecule has 1 aliphatic rings. The Bertz CT molecular complexity index is 854. The zero-order chi connectivity index (χ0) is 21.5. The molecule has 30 heavy (non-hydrogen) atoms. The molecule has 0 bridgehead atoms. The van der Waals surface area contributed by atoms with Crippen LogP contribution in [-0.2, 0) is 16.0 Å². The van der Waals surface area contributed by atoms with Gasteiger partial charge >= 0.3 is 0 Å². The molecule has 0 aliphatic carbocycles. The van der Waals surface area contributed by atoms with E-state index in [0.29, 0.717) is 31.3 Å². The second-order valence-electron chi connectivity index (χ2n) is 6.96. The molecule has 2 aromatic rings. The highest BCUT2D eigenvalue weighted by Crippen LogP contribution is 2.32. The van der Waals surface area contributed by atoms with E-state index < -0.39 is 5.82 Å². The van der Waals surface area contributed by atoms with Crippen LogP contribution in [0.4, 0.5) is 4.39 Å². The maximum atomic E-state index is 14.0. The van der Waals surface area contributed by atoms with Crippen molar-refractivity contribution in [3.63, 3.8) is 0 Å². The maximum Gasteiger partial charge on any atom is 0.224 e. The number of carbonyl (C=O) groups is 1. The second-order valence-corrected chi connectivity index (χ2v) is 7.37. The lowest BCUT2D eigenvalue weighted by atomic mass is 10.0. The van der Waals surface area contributed by atoms with Crippen molar-refractivity contribution in [1.82, 2.24) is 10.2 Å². The predicted octanol–water partition coefficient (Wildman–Crippen LogP) is 3.23. The third-order valence-corrected chi connectivity index (χ3v) is 5.52. The molecule has 6 nitrogen and oxygen atoms in total. The highest BCUT2D eigenvalue weighted by Gasteiger charge is 2.24. The summed E-state index contributed by atoms with van der Waals surface area (Å²) in [5.41, 5.74) is 1.18. The minimum absolute atomic E-state index is 0.0891. The van der Waals surface area contributed by atoms with E-state index in [4.69, 9.17) is 25.8 Å². The summed E-state index contributed by atoms with van der Waals surface area (Å²) in [7, 11) is 3.18. The Balaban J connectivity index is 1.75. The summed E-state index contributed by atoms with van der Waals surface area (Å²) in [6.07, 6.45) is -0.118. The van der Waals surface area contributed by atoms with E-state index in [0.717, 1.165) is 18.7 Å². The van der Waals surface area contributed by atoms with E-state index in [1.165, 1.54) is 12.1 Å². The molecular formula is C22H26ClFN2O4. The number of benzene rings is 2. The fraction of sp³-hybridized carbons (Fsp3) is 0.409. The largest absolute Gasteiger partial charge is 0.493 e. The Labute approximate surface area is 180 Å². The summed E-state index contributed by atoms with van der Waals surface area (Å²) >= 11 is 6.05. The number of carbonyl (C=O) groups excluding carboxylic acids is 1. The maximum absolute atomic E-state index is 14.0. The quantitative estimate of drug-likeness (QED) is 0.688. The molecule has 162 valence electrons. The molecule has 1 saturated heterocycles. The zero-order valence-corrected chi connectivity index (χ0v) is 17.9. The molecule has 0 aromatic heterocycles. The minimum Gasteiger partial charge on any atom is -0.493 e. The number of methoxy groups -OCH3 is 2. The van der Waals surface area contributed by atoms with Crippen LogP contribution in [0.5, 0.6) is 11.5 Å². The molecule has 1 fully saturated rings. The zero-order valence-electron chi connectivity index (χ0n) is 17.1. The lowest BCUT2D eigenvalue weighted by Gasteiger charge is -2.35. The van der Waals surface area contributed by atoms with Crippen molar-refractivity contribution in [3.05, 3.63) is 58.4 Å². The van der Waals surface area contributed by atoms with E-state index in [9.17, 15) is 9.18 Å². The molecule has 0 saturated carbocycles. The van der Waals surface area contributed by atoms with Crippen molar-refractivity contribution in [1.29, 1.82) is 0 Å². The number of hydrogen-bond acceptors (Lipinski definition) is 5. The van der Waals surface area contributed by atoms with Crippen LogP contribution in [0.1, 0.15) is 17.2 Å². The number of amides is 1. The van der Waals surface area contributed by atoms with E-state index in [1.807, 2.05) is 18.2 Å². The highest BCUT2D eigenvalue weighted by atomic mass is 35.5. The molecule has 8 heteroatoms. The summed E-state index contributed by atoms with van der Waals surface area (Å²) in [4.78, 5) is 14.8. The van der Waals surface area contributed by atoms with Crippen molar-refractivity contribution in [2.45, 2.75) is 12.5 Å². The van der Waals surface area contributed by atoms with Gasteiger partial charge in [0.1, 0.15) is 5.82 Å². The van der Waals surface area contributed by atoms with Gasteiger partial charge in [0.05, 0.1) is 39.9 Å². The van der Waals surface area contributed by atoms with Gasteiger partial charge in [0.15, 0.2) is 11.5 Å². The summed E-state index contributed by atoms with van der Waals surface area (Å²) in [6, 6.07) is 10.0. The Morgan fingerprint density at radius 1 is 1.20 bits per heavy atom. The summed E-state index contributed by atoms with van der Waals surface area (Å²) in [5.74, 6) is 0.487. The van der Waals surface area contributed by atoms with Gasteiger partial charge in [-0.3, -0.25) is 9.69 Å². The first-order valence-corrected chi connectivity index (χ1v) is 10.1. The van der Waals surface area contributed by atoms with Crippen LogP contribution in [0.25, 0.3) is 0 Å². The molecule has 0 spiro atoms. The number of morpholine rings is 1. The Kier molecular flexibility index (Phi) is 7.90. The molecule has 3 rings (SSSR count). The summed E-state index contributed by atoms with van der Waals surface area (Å²) < 4.78 is 30.2. The van der Waals surface area contributed by atoms with E-state index in [2.05, 4.69) is 10.2 Å². The molecule has 1 N–H and O–H groups in total. The van der Waals surface area contributed by atoms with Crippen molar-refractivity contribution in [3.8, 4) is 11.5 Å². The van der Waals surface area contributed by atoms with E-state index in [-0.39, 0.29) is 29.0 Å². The summed E-state index contributed by atoms with van der Waals surface area (Å²) in [6.45, 7) is 3.10. The van der Waals surface area contributed by atoms with Crippen LogP contribution in [0, 0.1) is 5.82 Å². The van der Waals surface area contributed by atoms with Gasteiger partial charge in [-0.15, -0.1) is 0 Å². The average Bonchev–Trinajstić information content (AvgIpc) is 2.77. The molecule has 2 aromatic carbocycles. The number of hydrogen-bond donors (Lipinski definition) is 1. The number of rotatable bonds is 8. The van der Waals surface area contributed by atoms with E-state index >= 15 is 0 Å².